The van der Waals surface area contributed by atoms with Gasteiger partial charge in [-0.25, -0.2) is 0 Å². The van der Waals surface area contributed by atoms with Crippen LogP contribution in [0, 0.1) is 0 Å². The standard InChI is InChI=1S/C11H16N2O2.3C3H8O.Ti/c1-8(14)12-10-6-4-9(5-7-10)11(15)13(2)3;3*1-3(2)4;/h4-7,11,15H,1-3H3,(H,12,14);3*3-4H,1-2H3;. The zero-order valence-corrected chi connectivity index (χ0v) is 20.3. The zero-order valence-electron chi connectivity index (χ0n) is 18.8. The van der Waals surface area contributed by atoms with E-state index in [0.29, 0.717) is 0 Å². The Bertz CT molecular complexity index is 444. The first-order chi connectivity index (χ1) is 12.2. The first kappa shape index (κ1) is 34.7. The number of nitrogens with zero attached hydrogens (tertiary/aromatic N) is 1. The van der Waals surface area contributed by atoms with Gasteiger partial charge in [0.15, 0.2) is 0 Å². The van der Waals surface area contributed by atoms with Crippen LogP contribution < -0.4 is 5.32 Å². The van der Waals surface area contributed by atoms with Gasteiger partial charge in [-0.05, 0) is 73.3 Å². The second-order valence-corrected chi connectivity index (χ2v) is 6.92. The fourth-order valence-corrected chi connectivity index (χ4v) is 1.24. The van der Waals surface area contributed by atoms with Gasteiger partial charge < -0.3 is 25.7 Å². The molecular weight excluding hydrogens is 396 g/mol. The molecule has 0 heterocycles. The Labute approximate surface area is 185 Å². The molecule has 0 saturated heterocycles. The molecule has 28 heavy (non-hydrogen) atoms. The van der Waals surface area contributed by atoms with E-state index >= 15 is 0 Å². The van der Waals surface area contributed by atoms with Gasteiger partial charge in [0.1, 0.15) is 6.23 Å². The van der Waals surface area contributed by atoms with Crippen LogP contribution in [-0.2, 0) is 26.5 Å². The van der Waals surface area contributed by atoms with E-state index in [4.69, 9.17) is 15.3 Å². The maximum Gasteiger partial charge on any atom is 0.221 e. The van der Waals surface area contributed by atoms with Crippen molar-refractivity contribution in [1.82, 2.24) is 4.90 Å². The maximum absolute atomic E-state index is 10.8. The molecule has 1 amide bonds. The summed E-state index contributed by atoms with van der Waals surface area (Å²) in [5.41, 5.74) is 1.53. The van der Waals surface area contributed by atoms with Crippen LogP contribution in [0.5, 0.6) is 0 Å². The van der Waals surface area contributed by atoms with Crippen molar-refractivity contribution in [1.29, 1.82) is 0 Å². The quantitative estimate of drug-likeness (QED) is 0.367. The molecule has 1 rings (SSSR count). The number of aliphatic hydroxyl groups is 4. The minimum atomic E-state index is -0.614. The third-order valence-corrected chi connectivity index (χ3v) is 2.02. The number of hydrogen-bond donors (Lipinski definition) is 5. The molecule has 0 aromatic heterocycles. The van der Waals surface area contributed by atoms with Crippen LogP contribution in [0.15, 0.2) is 24.3 Å². The van der Waals surface area contributed by atoms with Crippen molar-refractivity contribution < 1.29 is 46.9 Å². The molecule has 8 heteroatoms. The molecule has 5 N–H and O–H groups in total. The molecule has 1 atom stereocenters. The zero-order chi connectivity index (χ0) is 22.2. The predicted octanol–water partition coefficient (Wildman–Crippen LogP) is 2.36. The molecule has 7 nitrogen and oxygen atoms in total. The third kappa shape index (κ3) is 32.8. The minimum Gasteiger partial charge on any atom is -0.394 e. The first-order valence-electron chi connectivity index (χ1n) is 8.96. The van der Waals surface area contributed by atoms with E-state index in [9.17, 15) is 9.90 Å². The van der Waals surface area contributed by atoms with E-state index < -0.39 is 6.23 Å². The molecule has 164 valence electrons. The van der Waals surface area contributed by atoms with E-state index in [1.807, 2.05) is 0 Å². The van der Waals surface area contributed by atoms with Gasteiger partial charge in [0.2, 0.25) is 5.91 Å². The summed E-state index contributed by atoms with van der Waals surface area (Å²) in [5, 5.41) is 36.5. The van der Waals surface area contributed by atoms with Gasteiger partial charge in [-0.1, -0.05) is 12.1 Å². The van der Waals surface area contributed by atoms with Crippen LogP contribution in [0.4, 0.5) is 5.69 Å². The monoisotopic (exact) mass is 436 g/mol. The van der Waals surface area contributed by atoms with E-state index in [0.717, 1.165) is 11.3 Å². The van der Waals surface area contributed by atoms with Gasteiger partial charge in [-0.15, -0.1) is 0 Å². The van der Waals surface area contributed by atoms with Crippen LogP contribution >= 0.6 is 0 Å². The SMILES string of the molecule is CC(=O)Nc1ccc(C(O)N(C)C)cc1.CC(C)O.CC(C)O.CC(C)O.[Ti]. The topological polar surface area (TPSA) is 113 Å². The molecule has 0 fully saturated rings. The summed E-state index contributed by atoms with van der Waals surface area (Å²) < 4.78 is 0. The normalized spacial score (nSPS) is 10.6. The molecule has 0 spiro atoms. The second kappa shape index (κ2) is 20.9. The summed E-state index contributed by atoms with van der Waals surface area (Å²) >= 11 is 0. The fraction of sp³-hybridized carbons (Fsp3) is 0.650. The van der Waals surface area contributed by atoms with Crippen molar-refractivity contribution in [2.75, 3.05) is 19.4 Å². The molecular formula is C20H40N2O5Ti. The minimum absolute atomic E-state index is 0. The van der Waals surface area contributed by atoms with E-state index in [-0.39, 0.29) is 45.9 Å². The summed E-state index contributed by atoms with van der Waals surface area (Å²) in [7, 11) is 3.60. The maximum atomic E-state index is 10.8. The van der Waals surface area contributed by atoms with Crippen LogP contribution in [0.25, 0.3) is 0 Å². The van der Waals surface area contributed by atoms with Gasteiger partial charge >= 0.3 is 0 Å². The van der Waals surface area contributed by atoms with Crippen molar-refractivity contribution >= 4 is 11.6 Å². The van der Waals surface area contributed by atoms with Crippen LogP contribution in [0.1, 0.15) is 60.3 Å². The van der Waals surface area contributed by atoms with Gasteiger partial charge in [0.25, 0.3) is 0 Å². The molecule has 0 radical (unpaired) electrons. The molecule has 1 unspecified atom stereocenters. The molecule has 0 bridgehead atoms. The number of carbonyl (C=O) groups is 1. The van der Waals surface area contributed by atoms with Crippen molar-refractivity contribution in [2.24, 2.45) is 0 Å². The molecule has 0 aliphatic rings. The largest absolute Gasteiger partial charge is 0.394 e. The van der Waals surface area contributed by atoms with Gasteiger partial charge in [-0.2, -0.15) is 0 Å². The number of anilines is 1. The van der Waals surface area contributed by atoms with Crippen molar-refractivity contribution in [3.05, 3.63) is 29.8 Å². The van der Waals surface area contributed by atoms with Crippen LogP contribution in [0.3, 0.4) is 0 Å². The Morgan fingerprint density at radius 2 is 1.11 bits per heavy atom. The summed E-state index contributed by atoms with van der Waals surface area (Å²) in [6, 6.07) is 7.11. The molecule has 0 saturated carbocycles. The number of benzene rings is 1. The van der Waals surface area contributed by atoms with Crippen molar-refractivity contribution in [2.45, 2.75) is 73.0 Å². The Morgan fingerprint density at radius 1 is 0.821 bits per heavy atom. The van der Waals surface area contributed by atoms with Crippen molar-refractivity contribution in [3.8, 4) is 0 Å². The second-order valence-electron chi connectivity index (χ2n) is 6.92. The molecule has 0 aliphatic carbocycles. The summed E-state index contributed by atoms with van der Waals surface area (Å²) in [6.07, 6.45) is -1.11. The Kier molecular flexibility index (Phi) is 25.9. The average molecular weight is 436 g/mol. The van der Waals surface area contributed by atoms with E-state index in [2.05, 4.69) is 5.32 Å². The van der Waals surface area contributed by atoms with E-state index in [1.165, 1.54) is 6.92 Å². The number of hydrogen-bond acceptors (Lipinski definition) is 6. The number of carbonyl (C=O) groups excluding carboxylic acids is 1. The number of amides is 1. The molecule has 0 aliphatic heterocycles. The Morgan fingerprint density at radius 3 is 1.32 bits per heavy atom. The summed E-state index contributed by atoms with van der Waals surface area (Å²) in [5.74, 6) is -0.101. The van der Waals surface area contributed by atoms with Crippen LogP contribution in [-0.4, -0.2) is 63.6 Å². The number of nitrogens with one attached hydrogen (secondary N) is 1. The third-order valence-electron chi connectivity index (χ3n) is 2.02. The Balaban J connectivity index is -0.000000183. The Hall–Kier alpha value is -0.796. The average Bonchev–Trinajstić information content (AvgIpc) is 2.44. The van der Waals surface area contributed by atoms with Gasteiger partial charge in [0.05, 0.1) is 0 Å². The number of aliphatic hydroxyl groups excluding tert-OH is 4. The van der Waals surface area contributed by atoms with Crippen LogP contribution in [0.2, 0.25) is 0 Å². The molecule has 1 aromatic carbocycles. The van der Waals surface area contributed by atoms with E-state index in [1.54, 1.807) is 84.8 Å². The fourth-order valence-electron chi connectivity index (χ4n) is 1.24. The summed E-state index contributed by atoms with van der Waals surface area (Å²) in [6.45, 7) is 11.8. The summed E-state index contributed by atoms with van der Waals surface area (Å²) in [4.78, 5) is 12.5. The smallest absolute Gasteiger partial charge is 0.221 e. The first-order valence-corrected chi connectivity index (χ1v) is 8.96. The number of rotatable bonds is 3. The molecule has 1 aromatic rings. The van der Waals surface area contributed by atoms with Gasteiger partial charge in [-0.3, -0.25) is 9.69 Å². The van der Waals surface area contributed by atoms with Gasteiger partial charge in [0, 0.05) is 52.6 Å². The predicted molar refractivity (Wildman–Crippen MR) is 111 cm³/mol. The van der Waals surface area contributed by atoms with Crippen molar-refractivity contribution in [3.63, 3.8) is 0 Å².